The van der Waals surface area contributed by atoms with Crippen molar-refractivity contribution in [2.24, 2.45) is 0 Å². The molecular weight excluding hydrogens is 262 g/mol. The molecule has 20 heavy (non-hydrogen) atoms. The Hall–Kier alpha value is -1.79. The van der Waals surface area contributed by atoms with E-state index in [1.807, 2.05) is 0 Å². The molecule has 4 N–H and O–H groups in total. The van der Waals surface area contributed by atoms with Gasteiger partial charge in [-0.3, -0.25) is 9.59 Å². The lowest BCUT2D eigenvalue weighted by molar-refractivity contribution is -0.139. The second-order valence-electron chi connectivity index (χ2n) is 5.35. The van der Waals surface area contributed by atoms with Crippen molar-refractivity contribution in [3.8, 4) is 0 Å². The summed E-state index contributed by atoms with van der Waals surface area (Å²) in [4.78, 5) is 34.3. The van der Waals surface area contributed by atoms with E-state index in [0.29, 0.717) is 12.8 Å². The number of carboxylic acids is 1. The van der Waals surface area contributed by atoms with Crippen LogP contribution >= 0.6 is 0 Å². The topological polar surface area (TPSA) is 108 Å². The van der Waals surface area contributed by atoms with Crippen LogP contribution in [0.5, 0.6) is 0 Å². The first-order chi connectivity index (χ1) is 9.38. The first kappa shape index (κ1) is 16.3. The van der Waals surface area contributed by atoms with Crippen LogP contribution in [0.25, 0.3) is 0 Å². The number of carbonyl (C=O) groups excluding carboxylic acids is 2. The molecule has 1 aliphatic carbocycles. The van der Waals surface area contributed by atoms with Crippen LogP contribution in [0.4, 0.5) is 4.79 Å². The third kappa shape index (κ3) is 4.71. The van der Waals surface area contributed by atoms with Gasteiger partial charge in [-0.2, -0.15) is 0 Å². The average molecular weight is 285 g/mol. The Labute approximate surface area is 118 Å². The van der Waals surface area contributed by atoms with Gasteiger partial charge in [-0.25, -0.2) is 4.79 Å². The molecule has 0 spiro atoms. The van der Waals surface area contributed by atoms with E-state index in [4.69, 9.17) is 5.11 Å². The summed E-state index contributed by atoms with van der Waals surface area (Å²) in [6, 6.07) is -1.16. The van der Waals surface area contributed by atoms with Crippen molar-refractivity contribution < 1.29 is 19.5 Å². The Morgan fingerprint density at radius 3 is 2.30 bits per heavy atom. The van der Waals surface area contributed by atoms with E-state index in [-0.39, 0.29) is 12.3 Å². The van der Waals surface area contributed by atoms with Crippen LogP contribution in [0.15, 0.2) is 0 Å². The summed E-state index contributed by atoms with van der Waals surface area (Å²) in [7, 11) is 1.49. The first-order valence-corrected chi connectivity index (χ1v) is 6.90. The van der Waals surface area contributed by atoms with Crippen LogP contribution in [-0.4, -0.2) is 41.6 Å². The SMILES string of the molecule is CNC(=O)C(C)NC(=O)NC1(CC(=O)O)CCCCC1. The van der Waals surface area contributed by atoms with Gasteiger partial charge in [0.05, 0.1) is 12.0 Å². The van der Waals surface area contributed by atoms with E-state index < -0.39 is 23.6 Å². The summed E-state index contributed by atoms with van der Waals surface area (Å²) in [5.74, 6) is -1.22. The maximum absolute atomic E-state index is 11.9. The van der Waals surface area contributed by atoms with Crippen molar-refractivity contribution in [1.82, 2.24) is 16.0 Å². The Bertz CT molecular complexity index is 378. The zero-order valence-corrected chi connectivity index (χ0v) is 12.0. The highest BCUT2D eigenvalue weighted by Crippen LogP contribution is 2.31. The molecule has 7 heteroatoms. The van der Waals surface area contributed by atoms with Crippen LogP contribution in [0, 0.1) is 0 Å². The minimum atomic E-state index is -0.924. The molecule has 7 nitrogen and oxygen atoms in total. The summed E-state index contributed by atoms with van der Waals surface area (Å²) in [6.07, 6.45) is 4.08. The van der Waals surface area contributed by atoms with Gasteiger partial charge in [0, 0.05) is 7.05 Å². The predicted molar refractivity (Wildman–Crippen MR) is 73.3 cm³/mol. The second-order valence-corrected chi connectivity index (χ2v) is 5.35. The number of likely N-dealkylation sites (N-methyl/N-ethyl adjacent to an activating group) is 1. The van der Waals surface area contributed by atoms with Gasteiger partial charge in [0.15, 0.2) is 0 Å². The van der Waals surface area contributed by atoms with Crippen LogP contribution in [0.3, 0.4) is 0 Å². The lowest BCUT2D eigenvalue weighted by atomic mass is 9.79. The maximum atomic E-state index is 11.9. The number of urea groups is 1. The number of hydrogen-bond donors (Lipinski definition) is 4. The molecule has 0 aromatic heterocycles. The Balaban J connectivity index is 2.62. The van der Waals surface area contributed by atoms with Crippen molar-refractivity contribution in [1.29, 1.82) is 0 Å². The molecule has 0 radical (unpaired) electrons. The minimum Gasteiger partial charge on any atom is -0.481 e. The number of carboxylic acid groups (broad SMARTS) is 1. The fourth-order valence-corrected chi connectivity index (χ4v) is 2.62. The molecule has 0 bridgehead atoms. The lowest BCUT2D eigenvalue weighted by Crippen LogP contribution is -2.57. The van der Waals surface area contributed by atoms with Gasteiger partial charge in [-0.1, -0.05) is 19.3 Å². The molecule has 0 saturated heterocycles. The van der Waals surface area contributed by atoms with E-state index in [1.165, 1.54) is 7.05 Å². The molecule has 1 saturated carbocycles. The fraction of sp³-hybridized carbons (Fsp3) is 0.769. The molecule has 0 aromatic rings. The van der Waals surface area contributed by atoms with Crippen LogP contribution in [0.2, 0.25) is 0 Å². The lowest BCUT2D eigenvalue weighted by Gasteiger charge is -2.37. The molecule has 0 aliphatic heterocycles. The van der Waals surface area contributed by atoms with Gasteiger partial charge in [0.25, 0.3) is 0 Å². The van der Waals surface area contributed by atoms with Crippen molar-refractivity contribution in [3.63, 3.8) is 0 Å². The standard InChI is InChI=1S/C13H23N3O4/c1-9(11(19)14-2)15-12(20)16-13(8-10(17)18)6-4-3-5-7-13/h9H,3-8H2,1-2H3,(H,14,19)(H,17,18)(H2,15,16,20). The summed E-state index contributed by atoms with van der Waals surface area (Å²) in [5.41, 5.74) is -0.698. The fourth-order valence-electron chi connectivity index (χ4n) is 2.62. The predicted octanol–water partition coefficient (Wildman–Crippen LogP) is 0.598. The Morgan fingerprint density at radius 2 is 1.80 bits per heavy atom. The normalized spacial score (nSPS) is 18.7. The zero-order chi connectivity index (χ0) is 15.2. The second kappa shape index (κ2) is 7.12. The quantitative estimate of drug-likeness (QED) is 0.593. The van der Waals surface area contributed by atoms with Crippen molar-refractivity contribution in [2.45, 2.75) is 57.0 Å². The van der Waals surface area contributed by atoms with E-state index >= 15 is 0 Å². The van der Waals surface area contributed by atoms with Gasteiger partial charge >= 0.3 is 12.0 Å². The average Bonchev–Trinajstić information content (AvgIpc) is 2.37. The number of carbonyl (C=O) groups is 3. The number of aliphatic carboxylic acids is 1. The molecule has 0 aromatic carbocycles. The molecule has 1 atom stereocenters. The number of nitrogens with one attached hydrogen (secondary N) is 3. The summed E-state index contributed by atoms with van der Waals surface area (Å²) < 4.78 is 0. The Kier molecular flexibility index (Phi) is 5.79. The van der Waals surface area contributed by atoms with Crippen LogP contribution in [-0.2, 0) is 9.59 Å². The smallest absolute Gasteiger partial charge is 0.315 e. The number of rotatable bonds is 5. The molecule has 1 aliphatic rings. The molecule has 114 valence electrons. The minimum absolute atomic E-state index is 0.0885. The van der Waals surface area contributed by atoms with Crippen LogP contribution < -0.4 is 16.0 Å². The van der Waals surface area contributed by atoms with Crippen molar-refractivity contribution in [2.75, 3.05) is 7.05 Å². The largest absolute Gasteiger partial charge is 0.481 e. The third-order valence-corrected chi connectivity index (χ3v) is 3.67. The van der Waals surface area contributed by atoms with Gasteiger partial charge in [-0.05, 0) is 19.8 Å². The Morgan fingerprint density at radius 1 is 1.20 bits per heavy atom. The maximum Gasteiger partial charge on any atom is 0.315 e. The van der Waals surface area contributed by atoms with Gasteiger partial charge < -0.3 is 21.1 Å². The zero-order valence-electron chi connectivity index (χ0n) is 12.0. The van der Waals surface area contributed by atoms with Gasteiger partial charge in [-0.15, -0.1) is 0 Å². The van der Waals surface area contributed by atoms with Crippen molar-refractivity contribution in [3.05, 3.63) is 0 Å². The summed E-state index contributed by atoms with van der Waals surface area (Å²) in [5, 5.41) is 16.7. The highest BCUT2D eigenvalue weighted by atomic mass is 16.4. The number of hydrogen-bond acceptors (Lipinski definition) is 3. The first-order valence-electron chi connectivity index (χ1n) is 6.90. The van der Waals surface area contributed by atoms with E-state index in [1.54, 1.807) is 6.92 Å². The monoisotopic (exact) mass is 285 g/mol. The van der Waals surface area contributed by atoms with E-state index in [2.05, 4.69) is 16.0 Å². The molecule has 0 heterocycles. The van der Waals surface area contributed by atoms with Crippen molar-refractivity contribution >= 4 is 17.9 Å². The summed E-state index contributed by atoms with van der Waals surface area (Å²) in [6.45, 7) is 1.57. The molecule has 1 unspecified atom stereocenters. The summed E-state index contributed by atoms with van der Waals surface area (Å²) >= 11 is 0. The van der Waals surface area contributed by atoms with E-state index in [0.717, 1.165) is 19.3 Å². The van der Waals surface area contributed by atoms with Gasteiger partial charge in [0.1, 0.15) is 6.04 Å². The highest BCUT2D eigenvalue weighted by molar-refractivity contribution is 5.86. The van der Waals surface area contributed by atoms with Gasteiger partial charge in [0.2, 0.25) is 5.91 Å². The molecule has 3 amide bonds. The van der Waals surface area contributed by atoms with Crippen LogP contribution in [0.1, 0.15) is 45.4 Å². The molecular formula is C13H23N3O4. The molecule has 1 rings (SSSR count). The molecule has 1 fully saturated rings. The number of amides is 3. The van der Waals surface area contributed by atoms with E-state index in [9.17, 15) is 14.4 Å². The third-order valence-electron chi connectivity index (χ3n) is 3.67. The highest BCUT2D eigenvalue weighted by Gasteiger charge is 2.36.